The first-order valence-electron chi connectivity index (χ1n) is 5.30. The third-order valence-corrected chi connectivity index (χ3v) is 3.56. The summed E-state index contributed by atoms with van der Waals surface area (Å²) in [6.45, 7) is 1.84. The van der Waals surface area contributed by atoms with Crippen molar-refractivity contribution >= 4 is 21.6 Å². The number of nitrogens with zero attached hydrogens (tertiary/aromatic N) is 2. The zero-order chi connectivity index (χ0) is 12.4. The predicted octanol–water partition coefficient (Wildman–Crippen LogP) is 1.23. The maximum Gasteiger partial charge on any atom is 0.330 e. The summed E-state index contributed by atoms with van der Waals surface area (Å²) in [6, 6.07) is 3.61. The van der Waals surface area contributed by atoms with Crippen LogP contribution in [0.4, 0.5) is 0 Å². The third kappa shape index (κ3) is 2.01. The van der Waals surface area contributed by atoms with E-state index in [-0.39, 0.29) is 12.1 Å². The normalized spacial score (nSPS) is 10.6. The van der Waals surface area contributed by atoms with Gasteiger partial charge < -0.3 is 0 Å². The van der Waals surface area contributed by atoms with E-state index in [0.29, 0.717) is 10.2 Å². The van der Waals surface area contributed by atoms with Crippen LogP contribution < -0.4 is 11.2 Å². The molecular weight excluding hydrogens is 238 g/mol. The number of hydrogen-bond donors (Lipinski definition) is 1. The van der Waals surface area contributed by atoms with E-state index in [1.165, 1.54) is 11.3 Å². The number of nitriles is 1. The van der Waals surface area contributed by atoms with Crippen LogP contribution in [0.5, 0.6) is 0 Å². The molecule has 6 heteroatoms. The maximum atomic E-state index is 12.0. The number of nitrogens with one attached hydrogen (secondary N) is 1. The van der Waals surface area contributed by atoms with Crippen LogP contribution in [-0.2, 0) is 13.0 Å². The van der Waals surface area contributed by atoms with Gasteiger partial charge in [0.05, 0.1) is 11.5 Å². The van der Waals surface area contributed by atoms with E-state index in [0.717, 1.165) is 22.3 Å². The Labute approximate surface area is 101 Å². The van der Waals surface area contributed by atoms with Gasteiger partial charge in [-0.25, -0.2) is 9.36 Å². The number of aromatic amines is 1. The number of H-pyrrole nitrogens is 1. The van der Waals surface area contributed by atoms with Crippen molar-refractivity contribution < 1.29 is 0 Å². The first-order chi connectivity index (χ1) is 8.17. The smallest absolute Gasteiger partial charge is 0.298 e. The van der Waals surface area contributed by atoms with Crippen LogP contribution >= 0.6 is 11.3 Å². The highest BCUT2D eigenvalue weighted by Gasteiger charge is 2.10. The third-order valence-electron chi connectivity index (χ3n) is 2.45. The van der Waals surface area contributed by atoms with E-state index in [1.54, 1.807) is 6.07 Å². The second-order valence-electron chi connectivity index (χ2n) is 3.69. The number of aryl methyl sites for hydroxylation is 1. The fourth-order valence-corrected chi connectivity index (χ4v) is 2.82. The number of hydrogen-bond acceptors (Lipinski definition) is 4. The molecule has 0 aliphatic carbocycles. The minimum atomic E-state index is -0.519. The average Bonchev–Trinajstić information content (AvgIpc) is 2.67. The van der Waals surface area contributed by atoms with Crippen molar-refractivity contribution in [2.45, 2.75) is 26.3 Å². The van der Waals surface area contributed by atoms with E-state index in [1.807, 2.05) is 6.07 Å². The van der Waals surface area contributed by atoms with Crippen molar-refractivity contribution in [3.05, 3.63) is 31.8 Å². The maximum absolute atomic E-state index is 12.0. The lowest BCUT2D eigenvalue weighted by Gasteiger charge is -1.97. The standard InChI is InChI=1S/C11H11N3O2S/c1-2-3-7-6-8-9(17-7)13-11(16)14(5-4-12)10(8)15/h6H,2-3,5H2,1H3,(H,13,16). The lowest BCUT2D eigenvalue weighted by molar-refractivity contribution is 0.736. The number of aromatic nitrogens is 2. The van der Waals surface area contributed by atoms with Gasteiger partial charge in [0.2, 0.25) is 0 Å². The number of rotatable bonds is 3. The highest BCUT2D eigenvalue weighted by atomic mass is 32.1. The molecule has 2 aromatic heterocycles. The number of fused-ring (bicyclic) bond motifs is 1. The van der Waals surface area contributed by atoms with Crippen molar-refractivity contribution in [2.24, 2.45) is 0 Å². The highest BCUT2D eigenvalue weighted by molar-refractivity contribution is 7.18. The molecule has 2 aromatic rings. The molecule has 0 unspecified atom stereocenters. The topological polar surface area (TPSA) is 78.7 Å². The van der Waals surface area contributed by atoms with Gasteiger partial charge >= 0.3 is 5.69 Å². The van der Waals surface area contributed by atoms with E-state index < -0.39 is 5.69 Å². The average molecular weight is 249 g/mol. The van der Waals surface area contributed by atoms with Crippen LogP contribution in [-0.4, -0.2) is 9.55 Å². The molecule has 0 saturated carbocycles. The molecule has 0 amide bonds. The van der Waals surface area contributed by atoms with Crippen LogP contribution in [0.25, 0.3) is 10.2 Å². The Morgan fingerprint density at radius 1 is 1.53 bits per heavy atom. The second-order valence-corrected chi connectivity index (χ2v) is 4.82. The van der Waals surface area contributed by atoms with Gasteiger partial charge in [-0.1, -0.05) is 13.3 Å². The van der Waals surface area contributed by atoms with Crippen molar-refractivity contribution in [3.63, 3.8) is 0 Å². The predicted molar refractivity (Wildman–Crippen MR) is 66.3 cm³/mol. The highest BCUT2D eigenvalue weighted by Crippen LogP contribution is 2.21. The van der Waals surface area contributed by atoms with Gasteiger partial charge in [0, 0.05) is 4.88 Å². The summed E-state index contributed by atoms with van der Waals surface area (Å²) in [6.07, 6.45) is 1.88. The molecule has 0 atom stereocenters. The summed E-state index contributed by atoms with van der Waals surface area (Å²) in [5.41, 5.74) is -0.905. The molecule has 88 valence electrons. The summed E-state index contributed by atoms with van der Waals surface area (Å²) < 4.78 is 0.921. The zero-order valence-corrected chi connectivity index (χ0v) is 10.1. The SMILES string of the molecule is CCCc1cc2c(=O)n(CC#N)c(=O)[nH]c2s1. The van der Waals surface area contributed by atoms with Gasteiger partial charge in [0.1, 0.15) is 11.4 Å². The molecule has 1 N–H and O–H groups in total. The summed E-state index contributed by atoms with van der Waals surface area (Å²) in [7, 11) is 0. The first kappa shape index (κ1) is 11.6. The van der Waals surface area contributed by atoms with Crippen LogP contribution in [0, 0.1) is 11.3 Å². The Morgan fingerprint density at radius 2 is 2.29 bits per heavy atom. The second kappa shape index (κ2) is 4.55. The van der Waals surface area contributed by atoms with E-state index in [2.05, 4.69) is 11.9 Å². The van der Waals surface area contributed by atoms with Gasteiger partial charge in [-0.3, -0.25) is 9.78 Å². The zero-order valence-electron chi connectivity index (χ0n) is 9.32. The molecular formula is C11H11N3O2S. The van der Waals surface area contributed by atoms with Gasteiger partial charge in [-0.15, -0.1) is 11.3 Å². The molecule has 0 saturated heterocycles. The monoisotopic (exact) mass is 249 g/mol. The minimum absolute atomic E-state index is 0.219. The van der Waals surface area contributed by atoms with Gasteiger partial charge in [0.25, 0.3) is 5.56 Å². The molecule has 0 aliphatic rings. The minimum Gasteiger partial charge on any atom is -0.298 e. The molecule has 0 fully saturated rings. The molecule has 0 aromatic carbocycles. The fraction of sp³-hybridized carbons (Fsp3) is 0.364. The molecule has 2 heterocycles. The molecule has 5 nitrogen and oxygen atoms in total. The van der Waals surface area contributed by atoms with Gasteiger partial charge in [-0.05, 0) is 12.5 Å². The van der Waals surface area contributed by atoms with Crippen LogP contribution in [0.3, 0.4) is 0 Å². The van der Waals surface area contributed by atoms with Crippen molar-refractivity contribution in [2.75, 3.05) is 0 Å². The number of thiophene rings is 1. The Bertz CT molecular complexity index is 702. The van der Waals surface area contributed by atoms with Crippen molar-refractivity contribution in [1.29, 1.82) is 5.26 Å². The lowest BCUT2D eigenvalue weighted by atomic mass is 10.2. The Balaban J connectivity index is 2.71. The summed E-state index contributed by atoms with van der Waals surface area (Å²) in [5.74, 6) is 0. The largest absolute Gasteiger partial charge is 0.330 e. The van der Waals surface area contributed by atoms with Crippen LogP contribution in [0.15, 0.2) is 15.7 Å². The molecule has 0 bridgehead atoms. The van der Waals surface area contributed by atoms with Gasteiger partial charge in [-0.2, -0.15) is 5.26 Å². The molecule has 17 heavy (non-hydrogen) atoms. The Hall–Kier alpha value is -1.87. The first-order valence-corrected chi connectivity index (χ1v) is 6.11. The van der Waals surface area contributed by atoms with E-state index >= 15 is 0 Å². The quantitative estimate of drug-likeness (QED) is 0.888. The Kier molecular flexibility index (Phi) is 3.11. The molecule has 2 rings (SSSR count). The van der Waals surface area contributed by atoms with Crippen LogP contribution in [0.2, 0.25) is 0 Å². The van der Waals surface area contributed by atoms with Crippen molar-refractivity contribution in [3.8, 4) is 6.07 Å². The van der Waals surface area contributed by atoms with E-state index in [4.69, 9.17) is 5.26 Å². The Morgan fingerprint density at radius 3 is 2.94 bits per heavy atom. The lowest BCUT2D eigenvalue weighted by Crippen LogP contribution is -2.34. The molecule has 0 spiro atoms. The summed E-state index contributed by atoms with van der Waals surface area (Å²) in [4.78, 5) is 27.8. The van der Waals surface area contributed by atoms with Crippen LogP contribution in [0.1, 0.15) is 18.2 Å². The fourth-order valence-electron chi connectivity index (χ4n) is 1.68. The van der Waals surface area contributed by atoms with E-state index in [9.17, 15) is 9.59 Å². The summed E-state index contributed by atoms with van der Waals surface area (Å²) >= 11 is 1.43. The van der Waals surface area contributed by atoms with Crippen molar-refractivity contribution in [1.82, 2.24) is 9.55 Å². The van der Waals surface area contributed by atoms with Gasteiger partial charge in [0.15, 0.2) is 0 Å². The molecule has 0 aliphatic heterocycles. The summed E-state index contributed by atoms with van der Waals surface area (Å²) in [5, 5.41) is 9.06. The molecule has 0 radical (unpaired) electrons.